The highest BCUT2D eigenvalue weighted by Crippen LogP contribution is 2.60. The van der Waals surface area contributed by atoms with Gasteiger partial charge in [0.25, 0.3) is 0 Å². The number of hydrogen-bond donors (Lipinski definition) is 2. The Balaban J connectivity index is 1.78. The summed E-state index contributed by atoms with van der Waals surface area (Å²) in [6, 6.07) is -0.341. The molecule has 2 aliphatic rings. The van der Waals surface area contributed by atoms with Crippen LogP contribution in [0.3, 0.4) is 0 Å². The van der Waals surface area contributed by atoms with E-state index in [2.05, 4.69) is 5.32 Å². The third kappa shape index (κ3) is 1.92. The van der Waals surface area contributed by atoms with Gasteiger partial charge in [0.1, 0.15) is 6.04 Å². The number of carboxylic acid groups (broad SMARTS) is 1. The van der Waals surface area contributed by atoms with Gasteiger partial charge in [-0.15, -0.1) is 0 Å². The predicted octanol–water partition coefficient (Wildman–Crippen LogP) is 1.63. The van der Waals surface area contributed by atoms with E-state index in [9.17, 15) is 4.79 Å². The van der Waals surface area contributed by atoms with Crippen molar-refractivity contribution in [1.82, 2.24) is 5.32 Å². The number of carbonyl (C=O) groups is 1. The van der Waals surface area contributed by atoms with Gasteiger partial charge in [-0.25, -0.2) is 0 Å². The predicted molar refractivity (Wildman–Crippen MR) is 54.1 cm³/mol. The second-order valence-corrected chi connectivity index (χ2v) is 4.82. The Morgan fingerprint density at radius 1 is 1.57 bits per heavy atom. The van der Waals surface area contributed by atoms with Gasteiger partial charge < -0.3 is 10.4 Å². The van der Waals surface area contributed by atoms with Crippen LogP contribution in [0.25, 0.3) is 0 Å². The monoisotopic (exact) mass is 197 g/mol. The van der Waals surface area contributed by atoms with Crippen LogP contribution < -0.4 is 5.32 Å². The van der Waals surface area contributed by atoms with Crippen molar-refractivity contribution in [1.29, 1.82) is 0 Å². The molecule has 0 radical (unpaired) electrons. The molecule has 2 saturated carbocycles. The summed E-state index contributed by atoms with van der Waals surface area (Å²) in [5.41, 5.74) is 0.503. The topological polar surface area (TPSA) is 49.3 Å². The Morgan fingerprint density at radius 3 is 2.57 bits per heavy atom. The van der Waals surface area contributed by atoms with Crippen LogP contribution in [0.15, 0.2) is 0 Å². The molecule has 1 unspecified atom stereocenters. The van der Waals surface area contributed by atoms with Crippen LogP contribution in [0, 0.1) is 11.3 Å². The molecule has 0 bridgehead atoms. The second-order valence-electron chi connectivity index (χ2n) is 4.82. The smallest absolute Gasteiger partial charge is 0.320 e. The molecule has 0 aromatic carbocycles. The average Bonchev–Trinajstić information content (AvgIpc) is 3.00. The van der Waals surface area contributed by atoms with Crippen LogP contribution in [0.1, 0.15) is 39.0 Å². The molecule has 0 aliphatic heterocycles. The molecular formula is C11H19NO2. The summed E-state index contributed by atoms with van der Waals surface area (Å²) >= 11 is 0. The molecule has 0 saturated heterocycles. The van der Waals surface area contributed by atoms with Gasteiger partial charge in [0, 0.05) is 6.54 Å². The Hall–Kier alpha value is -0.570. The van der Waals surface area contributed by atoms with Crippen molar-refractivity contribution in [3.05, 3.63) is 0 Å². The van der Waals surface area contributed by atoms with Crippen molar-refractivity contribution >= 4 is 5.97 Å². The van der Waals surface area contributed by atoms with Gasteiger partial charge in [-0.2, -0.15) is 0 Å². The molecule has 80 valence electrons. The molecule has 3 nitrogen and oxygen atoms in total. The third-order valence-corrected chi connectivity index (χ3v) is 3.74. The summed E-state index contributed by atoms with van der Waals surface area (Å²) in [5, 5.41) is 12.1. The van der Waals surface area contributed by atoms with E-state index in [1.807, 2.05) is 6.92 Å². The maximum atomic E-state index is 10.8. The van der Waals surface area contributed by atoms with Crippen LogP contribution in [-0.2, 0) is 4.79 Å². The lowest BCUT2D eigenvalue weighted by Gasteiger charge is -2.18. The van der Waals surface area contributed by atoms with Gasteiger partial charge in [0.2, 0.25) is 0 Å². The van der Waals surface area contributed by atoms with Crippen LogP contribution in [0.5, 0.6) is 0 Å². The van der Waals surface area contributed by atoms with E-state index in [0.717, 1.165) is 12.5 Å². The molecule has 0 aromatic heterocycles. The number of aliphatic carboxylic acids is 1. The first-order chi connectivity index (χ1) is 6.68. The summed E-state index contributed by atoms with van der Waals surface area (Å²) in [4.78, 5) is 10.8. The van der Waals surface area contributed by atoms with Crippen molar-refractivity contribution < 1.29 is 9.90 Å². The molecule has 3 heteroatoms. The average molecular weight is 197 g/mol. The van der Waals surface area contributed by atoms with E-state index in [1.165, 1.54) is 25.7 Å². The molecule has 2 N–H and O–H groups in total. The highest BCUT2D eigenvalue weighted by atomic mass is 16.4. The van der Waals surface area contributed by atoms with Gasteiger partial charge in [0.05, 0.1) is 0 Å². The van der Waals surface area contributed by atoms with Crippen molar-refractivity contribution in [2.24, 2.45) is 11.3 Å². The lowest BCUT2D eigenvalue weighted by molar-refractivity contribution is -0.139. The number of carboxylic acids is 1. The zero-order valence-electron chi connectivity index (χ0n) is 8.75. The Labute approximate surface area is 84.9 Å². The molecule has 2 aliphatic carbocycles. The second kappa shape index (κ2) is 3.54. The molecular weight excluding hydrogens is 178 g/mol. The highest BCUT2D eigenvalue weighted by molar-refractivity contribution is 5.73. The van der Waals surface area contributed by atoms with Crippen molar-refractivity contribution in [3.8, 4) is 0 Å². The van der Waals surface area contributed by atoms with E-state index < -0.39 is 5.97 Å². The molecule has 0 heterocycles. The normalized spacial score (nSPS) is 25.8. The lowest BCUT2D eigenvalue weighted by Crippen LogP contribution is -2.39. The first kappa shape index (κ1) is 9.97. The van der Waals surface area contributed by atoms with Crippen LogP contribution in [-0.4, -0.2) is 23.7 Å². The van der Waals surface area contributed by atoms with Crippen molar-refractivity contribution in [2.75, 3.05) is 6.54 Å². The van der Waals surface area contributed by atoms with E-state index in [-0.39, 0.29) is 6.04 Å². The lowest BCUT2D eigenvalue weighted by atomic mass is 10.00. The first-order valence-electron chi connectivity index (χ1n) is 5.64. The highest BCUT2D eigenvalue weighted by Gasteiger charge is 2.53. The van der Waals surface area contributed by atoms with E-state index in [1.54, 1.807) is 0 Å². The number of rotatable bonds is 6. The molecule has 2 fully saturated rings. The minimum Gasteiger partial charge on any atom is -0.480 e. The van der Waals surface area contributed by atoms with Crippen LogP contribution in [0.4, 0.5) is 0 Å². The quantitative estimate of drug-likeness (QED) is 0.680. The molecule has 1 atom stereocenters. The zero-order valence-corrected chi connectivity index (χ0v) is 8.75. The van der Waals surface area contributed by atoms with Gasteiger partial charge >= 0.3 is 5.97 Å². The Kier molecular flexibility index (Phi) is 2.52. The molecule has 0 amide bonds. The maximum absolute atomic E-state index is 10.8. The largest absolute Gasteiger partial charge is 0.480 e. The third-order valence-electron chi connectivity index (χ3n) is 3.74. The summed E-state index contributed by atoms with van der Waals surface area (Å²) < 4.78 is 0. The Morgan fingerprint density at radius 2 is 2.21 bits per heavy atom. The minimum atomic E-state index is -0.709. The Bertz CT molecular complexity index is 231. The number of nitrogens with one attached hydrogen (secondary N) is 1. The van der Waals surface area contributed by atoms with Gasteiger partial charge in [-0.3, -0.25) is 4.79 Å². The fraction of sp³-hybridized carbons (Fsp3) is 0.909. The van der Waals surface area contributed by atoms with Crippen molar-refractivity contribution in [2.45, 2.75) is 45.1 Å². The molecule has 0 aromatic rings. The van der Waals surface area contributed by atoms with E-state index in [0.29, 0.717) is 11.8 Å². The van der Waals surface area contributed by atoms with Crippen LogP contribution in [0.2, 0.25) is 0 Å². The summed E-state index contributed by atoms with van der Waals surface area (Å²) in [7, 11) is 0. The van der Waals surface area contributed by atoms with Gasteiger partial charge in [-0.1, -0.05) is 6.92 Å². The summed E-state index contributed by atoms with van der Waals surface area (Å²) in [6.07, 6.45) is 6.02. The molecule has 2 rings (SSSR count). The maximum Gasteiger partial charge on any atom is 0.320 e. The number of hydrogen-bond acceptors (Lipinski definition) is 2. The minimum absolute atomic E-state index is 0.341. The van der Waals surface area contributed by atoms with Crippen LogP contribution >= 0.6 is 0 Å². The van der Waals surface area contributed by atoms with Crippen molar-refractivity contribution in [3.63, 3.8) is 0 Å². The summed E-state index contributed by atoms with van der Waals surface area (Å²) in [5.74, 6) is 0.195. The molecule has 0 spiro atoms. The first-order valence-corrected chi connectivity index (χ1v) is 5.64. The van der Waals surface area contributed by atoms with Gasteiger partial charge in [0.15, 0.2) is 0 Å². The van der Waals surface area contributed by atoms with E-state index in [4.69, 9.17) is 5.11 Å². The fourth-order valence-electron chi connectivity index (χ4n) is 2.32. The zero-order chi connectivity index (χ0) is 10.2. The van der Waals surface area contributed by atoms with Gasteiger partial charge in [-0.05, 0) is 43.4 Å². The molecule has 14 heavy (non-hydrogen) atoms. The standard InChI is InChI=1S/C11H19NO2/c1-2-9(10(13)14)12-7-11(5-6-11)8-3-4-8/h8-9,12H,2-7H2,1H3,(H,13,14). The van der Waals surface area contributed by atoms with E-state index >= 15 is 0 Å². The fourth-order valence-corrected chi connectivity index (χ4v) is 2.32. The summed E-state index contributed by atoms with van der Waals surface area (Å²) in [6.45, 7) is 2.84. The SMILES string of the molecule is CCC(NCC1(C2CC2)CC1)C(=O)O.